The largest absolute Gasteiger partial charge is 0.503 e. The number of ether oxygens (including phenoxy) is 2. The Balaban J connectivity index is 1.11. The zero-order chi connectivity index (χ0) is 40.2. The summed E-state index contributed by atoms with van der Waals surface area (Å²) in [5.74, 6) is -0.915. The molecule has 0 bridgehead atoms. The van der Waals surface area contributed by atoms with E-state index in [4.69, 9.17) is 26.1 Å². The summed E-state index contributed by atoms with van der Waals surface area (Å²) < 4.78 is 53.4. The van der Waals surface area contributed by atoms with Crippen molar-refractivity contribution in [3.63, 3.8) is 0 Å². The molecular weight excluding hydrogens is 773 g/mol. The maximum Gasteiger partial charge on any atom is 0.416 e. The summed E-state index contributed by atoms with van der Waals surface area (Å²) in [6.45, 7) is 4.08. The number of fused-ring (bicyclic) bond motifs is 2. The minimum atomic E-state index is -4.63. The van der Waals surface area contributed by atoms with Gasteiger partial charge in [-0.1, -0.05) is 30.7 Å². The lowest BCUT2D eigenvalue weighted by Gasteiger charge is -2.39. The minimum absolute atomic E-state index is 0.00601. The van der Waals surface area contributed by atoms with Gasteiger partial charge >= 0.3 is 6.18 Å². The predicted octanol–water partition coefficient (Wildman–Crippen LogP) is 3.75. The van der Waals surface area contributed by atoms with E-state index in [1.165, 1.54) is 11.2 Å². The number of carbonyl (C=O) groups is 2. The Bertz CT molecular complexity index is 2460. The maximum absolute atomic E-state index is 14.4. The molecule has 2 saturated heterocycles. The molecule has 3 aliphatic heterocycles. The summed E-state index contributed by atoms with van der Waals surface area (Å²) in [6.07, 6.45) is -3.13. The summed E-state index contributed by atoms with van der Waals surface area (Å²) in [7, 11) is 1.60. The molecule has 298 valence electrons. The Morgan fingerprint density at radius 3 is 2.49 bits per heavy atom. The molecular formula is C37H36ClF3N10O6. The summed E-state index contributed by atoms with van der Waals surface area (Å²) in [6, 6.07) is 8.25. The van der Waals surface area contributed by atoms with Crippen molar-refractivity contribution < 1.29 is 37.3 Å². The lowest BCUT2D eigenvalue weighted by molar-refractivity contribution is -0.137. The number of rotatable bonds is 9. The molecule has 57 heavy (non-hydrogen) atoms. The van der Waals surface area contributed by atoms with Crippen LogP contribution in [0.4, 0.5) is 30.4 Å². The third-order valence-corrected chi connectivity index (χ3v) is 10.7. The summed E-state index contributed by atoms with van der Waals surface area (Å²) in [4.78, 5) is 59.8. The van der Waals surface area contributed by atoms with Crippen molar-refractivity contribution in [3.05, 3.63) is 86.2 Å². The van der Waals surface area contributed by atoms with Gasteiger partial charge in [-0.2, -0.15) is 22.7 Å². The van der Waals surface area contributed by atoms with Crippen molar-refractivity contribution >= 4 is 46.4 Å². The number of nitrogens with zero attached hydrogens (tertiary/aromatic N) is 9. The van der Waals surface area contributed by atoms with Gasteiger partial charge in [0.05, 0.1) is 41.3 Å². The van der Waals surface area contributed by atoms with Crippen LogP contribution in [-0.2, 0) is 46.6 Å². The molecule has 2 fully saturated rings. The third-order valence-electron chi connectivity index (χ3n) is 10.4. The Labute approximate surface area is 327 Å². The van der Waals surface area contributed by atoms with Crippen LogP contribution in [0.25, 0.3) is 17.2 Å². The van der Waals surface area contributed by atoms with Crippen molar-refractivity contribution in [1.29, 1.82) is 0 Å². The van der Waals surface area contributed by atoms with Crippen molar-refractivity contribution in [2.45, 2.75) is 45.4 Å². The highest BCUT2D eigenvalue weighted by molar-refractivity contribution is 6.33. The fourth-order valence-corrected chi connectivity index (χ4v) is 7.52. The smallest absolute Gasteiger partial charge is 0.416 e. The molecule has 2 aromatic carbocycles. The van der Waals surface area contributed by atoms with Gasteiger partial charge in [-0.25, -0.2) is 9.97 Å². The molecule has 0 unspecified atom stereocenters. The Morgan fingerprint density at radius 2 is 1.79 bits per heavy atom. The molecule has 3 aliphatic rings. The van der Waals surface area contributed by atoms with Crippen LogP contribution in [0.2, 0.25) is 5.02 Å². The van der Waals surface area contributed by atoms with Gasteiger partial charge in [0, 0.05) is 51.9 Å². The number of methoxy groups -OCH3 is 1. The van der Waals surface area contributed by atoms with Crippen molar-refractivity contribution in [2.75, 3.05) is 61.5 Å². The number of hydrogen-bond donors (Lipinski definition) is 2. The highest BCUT2D eigenvalue weighted by Gasteiger charge is 2.35. The van der Waals surface area contributed by atoms with Crippen LogP contribution in [0.1, 0.15) is 39.8 Å². The zero-order valence-corrected chi connectivity index (χ0v) is 31.5. The number of aromatic nitrogens is 6. The van der Waals surface area contributed by atoms with Crippen molar-refractivity contribution in [1.82, 2.24) is 34.0 Å². The molecule has 0 saturated carbocycles. The van der Waals surface area contributed by atoms with E-state index in [1.54, 1.807) is 16.6 Å². The van der Waals surface area contributed by atoms with E-state index in [-0.39, 0.29) is 84.0 Å². The molecule has 20 heteroatoms. The minimum Gasteiger partial charge on any atom is -0.503 e. The molecule has 0 radical (unpaired) electrons. The summed E-state index contributed by atoms with van der Waals surface area (Å²) in [5.41, 5.74) is 1.69. The monoisotopic (exact) mass is 808 g/mol. The van der Waals surface area contributed by atoms with Gasteiger partial charge in [-0.05, 0) is 41.8 Å². The van der Waals surface area contributed by atoms with Crippen LogP contribution >= 0.6 is 11.6 Å². The first-order valence-corrected chi connectivity index (χ1v) is 18.5. The van der Waals surface area contributed by atoms with Gasteiger partial charge in [0.15, 0.2) is 23.1 Å². The van der Waals surface area contributed by atoms with E-state index in [1.807, 2.05) is 30.0 Å². The van der Waals surface area contributed by atoms with E-state index < -0.39 is 35.7 Å². The van der Waals surface area contributed by atoms with Gasteiger partial charge in [-0.3, -0.25) is 14.4 Å². The summed E-state index contributed by atoms with van der Waals surface area (Å²) in [5, 5.41) is 17.9. The Kier molecular flexibility index (Phi) is 9.99. The van der Waals surface area contributed by atoms with E-state index in [9.17, 15) is 32.7 Å². The van der Waals surface area contributed by atoms with Gasteiger partial charge < -0.3 is 39.2 Å². The number of anilines is 3. The topological polar surface area (TPSA) is 173 Å². The number of amides is 2. The van der Waals surface area contributed by atoms with Crippen LogP contribution in [0.5, 0.6) is 5.75 Å². The highest BCUT2D eigenvalue weighted by atomic mass is 35.5. The van der Waals surface area contributed by atoms with E-state index in [0.717, 1.165) is 33.8 Å². The Morgan fingerprint density at radius 1 is 1.04 bits per heavy atom. The number of aromatic hydroxyl groups is 1. The second-order valence-electron chi connectivity index (χ2n) is 13.8. The molecule has 5 aromatic rings. The molecule has 3 aromatic heterocycles. The second kappa shape index (κ2) is 14.9. The normalized spacial score (nSPS) is 15.9. The molecule has 6 heterocycles. The fourth-order valence-electron chi connectivity index (χ4n) is 7.29. The first-order valence-electron chi connectivity index (χ1n) is 18.1. The standard InChI is InChI=1S/C37H36ClF3N10O6/c1-3-27-30(47-8-10-48(11-9-47)34(54)29-31(53)33(43-19-42-29)49-14-24(15-49)56-2)35(55)51-36(45-32(46-51)20-4-5-21-17-57-18-22(21)12-20)50(27)16-28(52)44-26-7-6-23(13-25(26)38)37(39,40)41/h4-7,12-13,19,24,53H,3,8-11,14-18H2,1-2H3,(H,44,52). The van der Waals surface area contributed by atoms with Crippen LogP contribution in [0.15, 0.2) is 47.5 Å². The molecule has 0 spiro atoms. The lowest BCUT2D eigenvalue weighted by atomic mass is 10.1. The lowest BCUT2D eigenvalue weighted by Crippen LogP contribution is -2.52. The highest BCUT2D eigenvalue weighted by Crippen LogP contribution is 2.35. The van der Waals surface area contributed by atoms with Gasteiger partial charge in [0.25, 0.3) is 11.5 Å². The molecule has 0 atom stereocenters. The second-order valence-corrected chi connectivity index (χ2v) is 14.2. The molecule has 0 aliphatic carbocycles. The van der Waals surface area contributed by atoms with E-state index in [0.29, 0.717) is 37.6 Å². The molecule has 2 N–H and O–H groups in total. The number of alkyl halides is 3. The van der Waals surface area contributed by atoms with Crippen molar-refractivity contribution in [2.24, 2.45) is 0 Å². The third kappa shape index (κ3) is 7.10. The number of carbonyl (C=O) groups excluding carboxylic acids is 2. The average Bonchev–Trinajstić information content (AvgIpc) is 3.84. The quantitative estimate of drug-likeness (QED) is 0.221. The van der Waals surface area contributed by atoms with Crippen LogP contribution in [-0.4, -0.2) is 103 Å². The van der Waals surface area contributed by atoms with Gasteiger partial charge in [0.2, 0.25) is 11.7 Å². The molecule has 16 nitrogen and oxygen atoms in total. The first-order chi connectivity index (χ1) is 27.3. The van der Waals surface area contributed by atoms with E-state index in [2.05, 4.69) is 20.4 Å². The van der Waals surface area contributed by atoms with Crippen LogP contribution in [0.3, 0.4) is 0 Å². The average molecular weight is 809 g/mol. The van der Waals surface area contributed by atoms with Gasteiger partial charge in [-0.15, -0.1) is 5.10 Å². The molecule has 8 rings (SSSR count). The van der Waals surface area contributed by atoms with Crippen LogP contribution < -0.4 is 20.7 Å². The fraction of sp³-hybridized carbons (Fsp3) is 0.378. The number of nitrogens with one attached hydrogen (secondary N) is 1. The SMILES string of the molecule is CCc1c(N2CCN(C(=O)c3ncnc(N4CC(OC)C4)c3O)CC2)c(=O)n2nc(-c3ccc4c(c3)COC4)nc2n1CC(=O)Nc1ccc(C(F)(F)F)cc1Cl. The number of halogens is 4. The van der Waals surface area contributed by atoms with Gasteiger partial charge in [0.1, 0.15) is 18.6 Å². The Hall–Kier alpha value is -5.79. The molecule has 2 amide bonds. The van der Waals surface area contributed by atoms with E-state index >= 15 is 0 Å². The van der Waals surface area contributed by atoms with Crippen molar-refractivity contribution in [3.8, 4) is 17.1 Å². The number of piperazine rings is 1. The van der Waals surface area contributed by atoms with Crippen LogP contribution in [0, 0.1) is 0 Å². The number of hydrogen-bond acceptors (Lipinski definition) is 12. The zero-order valence-electron chi connectivity index (χ0n) is 30.7. The summed E-state index contributed by atoms with van der Waals surface area (Å²) >= 11 is 6.16. The predicted molar refractivity (Wildman–Crippen MR) is 200 cm³/mol. The number of benzene rings is 2. The maximum atomic E-state index is 14.4. The first kappa shape index (κ1) is 38.1.